The van der Waals surface area contributed by atoms with Crippen molar-refractivity contribution in [1.29, 1.82) is 0 Å². The molecule has 0 spiro atoms. The molecule has 0 bridgehead atoms. The van der Waals surface area contributed by atoms with Crippen LogP contribution in [-0.4, -0.2) is 14.1 Å². The van der Waals surface area contributed by atoms with Gasteiger partial charge in [-0.15, -0.1) is 29.7 Å². The van der Waals surface area contributed by atoms with Crippen LogP contribution >= 0.6 is 0 Å². The zero-order valence-corrected chi connectivity index (χ0v) is 51.1. The molecule has 0 saturated heterocycles. The number of rotatable bonds is 10. The molecule has 2 aliphatic carbocycles. The summed E-state index contributed by atoms with van der Waals surface area (Å²) in [6, 6.07) is 23.6. The van der Waals surface area contributed by atoms with Gasteiger partial charge in [0.1, 0.15) is 5.82 Å². The van der Waals surface area contributed by atoms with Crippen LogP contribution in [0.3, 0.4) is 0 Å². The van der Waals surface area contributed by atoms with Crippen molar-refractivity contribution in [1.82, 2.24) is 14.1 Å². The fraction of sp³-hybridized carbons (Fsp3) is 0.294. The third kappa shape index (κ3) is 10.6. The Hall–Kier alpha value is -8.11. The molecule has 462 valence electrons. The molecular formula is C85H84N4OPt-2. The topological polar surface area (TPSA) is 35.9 Å². The number of fused-ring (bicyclic) bond motifs is 6. The Morgan fingerprint density at radius 2 is 1.18 bits per heavy atom. The van der Waals surface area contributed by atoms with E-state index in [1.165, 1.54) is 54.6 Å². The zero-order chi connectivity index (χ0) is 105. The Bertz CT molecular complexity index is 6740. The minimum Gasteiger partial charge on any atom is -0.510 e. The fourth-order valence-electron chi connectivity index (χ4n) is 11.7. The number of ether oxygens (including phenoxy) is 1. The van der Waals surface area contributed by atoms with Crippen molar-refractivity contribution in [3.63, 3.8) is 0 Å². The summed E-state index contributed by atoms with van der Waals surface area (Å²) in [5.74, 6) is -0.0609. The summed E-state index contributed by atoms with van der Waals surface area (Å²) in [6.07, 6.45) is -18.9. The summed E-state index contributed by atoms with van der Waals surface area (Å²) >= 11 is 0. The van der Waals surface area contributed by atoms with E-state index in [2.05, 4.69) is 18.5 Å². The number of pyridine rings is 1. The summed E-state index contributed by atoms with van der Waals surface area (Å²) in [4.78, 5) is 4.77. The molecule has 91 heavy (non-hydrogen) atoms. The number of benzene rings is 9. The van der Waals surface area contributed by atoms with Gasteiger partial charge < -0.3 is 13.9 Å². The van der Waals surface area contributed by atoms with Crippen LogP contribution in [0.2, 0.25) is 0 Å². The third-order valence-electron chi connectivity index (χ3n) is 16.2. The number of nitrogens with zero attached hydrogens (tertiary/aromatic N) is 4. The number of aryl methyl sites for hydroxylation is 4. The van der Waals surface area contributed by atoms with Gasteiger partial charge in [0.2, 0.25) is 0 Å². The van der Waals surface area contributed by atoms with E-state index in [1.807, 2.05) is 26.8 Å². The first kappa shape index (κ1) is 26.8. The van der Waals surface area contributed by atoms with E-state index in [9.17, 15) is 38.4 Å². The molecule has 2 aliphatic rings. The van der Waals surface area contributed by atoms with Gasteiger partial charge in [0, 0.05) is 103 Å². The van der Waals surface area contributed by atoms with Crippen molar-refractivity contribution < 1.29 is 97.5 Å². The number of hydrogen-bond donors (Lipinski definition) is 0. The van der Waals surface area contributed by atoms with Gasteiger partial charge in [0.25, 0.3) is 6.33 Å². The van der Waals surface area contributed by atoms with Crippen LogP contribution < -0.4 is 9.30 Å². The summed E-state index contributed by atoms with van der Waals surface area (Å²) < 4.78 is 466. The van der Waals surface area contributed by atoms with Gasteiger partial charge in [0.15, 0.2) is 0 Å². The third-order valence-corrected chi connectivity index (χ3v) is 16.2. The maximum Gasteiger partial charge on any atom is 0.268 e. The molecule has 3 heterocycles. The van der Waals surface area contributed by atoms with E-state index in [1.54, 1.807) is 41.1 Å². The largest absolute Gasteiger partial charge is 0.510 e. The molecular weight excluding hydrogens is 1290 g/mol. The van der Waals surface area contributed by atoms with E-state index in [-0.39, 0.29) is 71.5 Å². The summed E-state index contributed by atoms with van der Waals surface area (Å²) in [5, 5.41) is 0.829. The first-order valence-corrected chi connectivity index (χ1v) is 28.2. The van der Waals surface area contributed by atoms with Crippen molar-refractivity contribution in [2.75, 3.05) is 0 Å². The van der Waals surface area contributed by atoms with Crippen LogP contribution in [0.15, 0.2) is 176 Å². The van der Waals surface area contributed by atoms with Crippen molar-refractivity contribution in [2.24, 2.45) is 0 Å². The van der Waals surface area contributed by atoms with E-state index in [4.69, 9.17) is 38.5 Å². The van der Waals surface area contributed by atoms with Gasteiger partial charge >= 0.3 is 0 Å². The molecule has 6 heteroatoms. The van der Waals surface area contributed by atoms with Crippen molar-refractivity contribution in [2.45, 2.75) is 162 Å². The van der Waals surface area contributed by atoms with Gasteiger partial charge in [-0.25, -0.2) is 4.98 Å². The molecule has 1 atom stereocenters. The number of para-hydroxylation sites is 1. The average molecular weight is 1420 g/mol. The Kier molecular flexibility index (Phi) is 6.67. The Labute approximate surface area is 623 Å². The normalized spacial score (nSPS) is 28.4. The maximum atomic E-state index is 10.7. The molecule has 5 nitrogen and oxygen atoms in total. The minimum absolute atomic E-state index is 0. The standard InChI is InChI=1S/C85H84N4O.Pt/c1-16-85(15)43-42-84(13,14)72-47-58(30-36-70(72)85)66-28-20-27-65(57-29-35-69-71(46-57)83(11,12)41-40-82(69,9)10)80(66)88-52-87(74-38-32-60(48-76(74)88)79-55(4)23-18-24-56(79)5)62-25-19-26-63(50-62)90-64-33-34-67-68-45-59(78-53(2)21-17-22-54(78)3)31-37-73(68)89(75(67)51-64)77-49-61(39-44-86-77)81(6,7)8;/h17-39,44-49H,16,40-43H2,1-15H3;/q-2;/i2D3,3D3,4D3,5D3,9D3,10D3,11D3,12D3,13D3,14D3,15D3,16D2,29D,30D,35D,36D,40D2,41D2,42D2,43D2,46D,47D;. The smallest absolute Gasteiger partial charge is 0.268 e. The molecule has 1 unspecified atom stereocenters. The van der Waals surface area contributed by atoms with E-state index >= 15 is 0 Å². The van der Waals surface area contributed by atoms with Crippen LogP contribution in [0, 0.1) is 45.9 Å². The molecule has 0 radical (unpaired) electrons. The van der Waals surface area contributed by atoms with E-state index in [0.29, 0.717) is 29.0 Å². The number of aromatic nitrogens is 4. The molecule has 9 aromatic carbocycles. The van der Waals surface area contributed by atoms with Gasteiger partial charge in [-0.05, 0) is 216 Å². The Morgan fingerprint density at radius 3 is 1.80 bits per heavy atom. The maximum absolute atomic E-state index is 10.7. The quantitative estimate of drug-likeness (QED) is 0.101. The van der Waals surface area contributed by atoms with Crippen LogP contribution in [0.5, 0.6) is 11.5 Å². The fourth-order valence-corrected chi connectivity index (χ4v) is 11.7. The molecule has 3 aromatic heterocycles. The molecule has 14 rings (SSSR count). The first-order valence-electron chi connectivity index (χ1n) is 52.7. The molecule has 0 saturated carbocycles. The zero-order valence-electron chi connectivity index (χ0n) is 97.8. The molecule has 12 aromatic rings. The predicted octanol–water partition coefficient (Wildman–Crippen LogP) is 21.9. The number of hydrogen-bond acceptors (Lipinski definition) is 2. The average Bonchev–Trinajstić information content (AvgIpc) is 0.695. The predicted molar refractivity (Wildman–Crippen MR) is 375 cm³/mol. The van der Waals surface area contributed by atoms with Gasteiger partial charge in [-0.1, -0.05) is 196 Å². The molecule has 0 fully saturated rings. The second-order valence-electron chi connectivity index (χ2n) is 23.2. The summed E-state index contributed by atoms with van der Waals surface area (Å²) in [6.45, 7) is -38.5. The van der Waals surface area contributed by atoms with Crippen LogP contribution in [0.25, 0.3) is 94.5 Å². The van der Waals surface area contributed by atoms with E-state index < -0.39 is 249 Å². The van der Waals surface area contributed by atoms with Crippen LogP contribution in [0.1, 0.15) is 225 Å². The van der Waals surface area contributed by atoms with Crippen LogP contribution in [0.4, 0.5) is 0 Å². The monoisotopic (exact) mass is 1420 g/mol. The molecule has 0 amide bonds. The van der Waals surface area contributed by atoms with Crippen LogP contribution in [-0.2, 0) is 48.1 Å². The second kappa shape index (κ2) is 22.6. The van der Waals surface area contributed by atoms with Crippen molar-refractivity contribution in [3.05, 3.63) is 244 Å². The Morgan fingerprint density at radius 1 is 0.593 bits per heavy atom. The van der Waals surface area contributed by atoms with Crippen molar-refractivity contribution >= 4 is 32.8 Å². The molecule has 0 N–H and O–H groups in total. The van der Waals surface area contributed by atoms with E-state index in [0.717, 1.165) is 57.2 Å². The first-order chi connectivity index (χ1) is 62.8. The minimum atomic E-state index is -4.99. The summed E-state index contributed by atoms with van der Waals surface area (Å²) in [7, 11) is 0. The number of imidazole rings is 1. The van der Waals surface area contributed by atoms with Gasteiger partial charge in [-0.3, -0.25) is 4.57 Å². The Balaban J connectivity index is 0.0000165. The van der Waals surface area contributed by atoms with Crippen molar-refractivity contribution in [3.8, 4) is 73.2 Å². The SMILES string of the molecule is [2H]c1c([2H])c2c(c([2H])c1-c1cccc(-c3c([2H])c([2H])c4c(c3[2H])C(C([2H])([2H])[2H])(C([2H])([2H])[2H])C([2H])([2H])C([2H])([2H])C4(C([2H])([2H])[2H])C([2H])([2H])C)c1-[n+]1[c-]n(-c3[c-]c(Oc4[c-]c5c(cc4)c4cc(-c6c(C([2H])([2H])[2H])cccc6C([2H])([2H])[2H])ccc4n5-c4cc(C(C)(C)C)ccn4)ccc3)c3ccc(-c4c(C([2H])([2H])[2H])cccc4C([2H])([2H])[2H])cc31)C(C([2H])([2H])[2H])(C([2H])([2H])[2H])C([2H])([2H])C([2H])([2H])C2(C([2H])([2H])[2H])C([2H])([2H])[2H].[Pt]. The second-order valence-corrected chi connectivity index (χ2v) is 23.2. The van der Waals surface area contributed by atoms with Gasteiger partial charge in [0.05, 0.1) is 24.9 Å². The molecule has 0 aliphatic heterocycles. The summed E-state index contributed by atoms with van der Waals surface area (Å²) in [5.41, 5.74) is -36.1. The van der Waals surface area contributed by atoms with Gasteiger partial charge in [-0.2, -0.15) is 18.2 Å².